The van der Waals surface area contributed by atoms with Crippen LogP contribution in [0.4, 0.5) is 11.4 Å². The molecular formula is C11H10N2O4. The molecule has 0 fully saturated rings. The fourth-order valence-electron chi connectivity index (χ4n) is 1.20. The molecule has 0 aliphatic heterocycles. The first-order valence-corrected chi connectivity index (χ1v) is 4.70. The van der Waals surface area contributed by atoms with E-state index in [1.807, 2.05) is 0 Å². The summed E-state index contributed by atoms with van der Waals surface area (Å²) in [6.45, 7) is 0.949. The second kappa shape index (κ2) is 5.63. The Morgan fingerprint density at radius 2 is 2.29 bits per heavy atom. The van der Waals surface area contributed by atoms with Crippen LogP contribution in [-0.2, 0) is 4.79 Å². The largest absolute Gasteiger partial charge is 0.384 e. The summed E-state index contributed by atoms with van der Waals surface area (Å²) >= 11 is 0. The molecule has 1 amide bonds. The summed E-state index contributed by atoms with van der Waals surface area (Å²) in [7, 11) is 0. The van der Waals surface area contributed by atoms with Crippen LogP contribution >= 0.6 is 0 Å². The van der Waals surface area contributed by atoms with Crippen LogP contribution < -0.4 is 5.32 Å². The predicted octanol–water partition coefficient (Wildman–Crippen LogP) is 0.897. The van der Waals surface area contributed by atoms with Crippen molar-refractivity contribution in [3.05, 3.63) is 33.9 Å². The number of aliphatic hydroxyl groups is 1. The molecule has 0 aliphatic carbocycles. The lowest BCUT2D eigenvalue weighted by molar-refractivity contribution is -0.383. The van der Waals surface area contributed by atoms with E-state index in [-0.39, 0.29) is 23.9 Å². The number of carbonyl (C=O) groups excluding carboxylic acids is 1. The monoisotopic (exact) mass is 234 g/mol. The van der Waals surface area contributed by atoms with Gasteiger partial charge in [-0.1, -0.05) is 11.8 Å². The number of nitrogens with one attached hydrogen (secondary N) is 1. The molecule has 1 rings (SSSR count). The van der Waals surface area contributed by atoms with Crippen LogP contribution in [0.1, 0.15) is 12.5 Å². The van der Waals surface area contributed by atoms with Crippen LogP contribution in [-0.4, -0.2) is 22.5 Å². The summed E-state index contributed by atoms with van der Waals surface area (Å²) in [4.78, 5) is 21.0. The highest BCUT2D eigenvalue weighted by molar-refractivity contribution is 5.91. The molecule has 0 bridgehead atoms. The van der Waals surface area contributed by atoms with Crippen molar-refractivity contribution in [3.8, 4) is 11.8 Å². The molecule has 0 unspecified atom stereocenters. The van der Waals surface area contributed by atoms with Gasteiger partial charge in [0.15, 0.2) is 0 Å². The third-order valence-electron chi connectivity index (χ3n) is 1.82. The van der Waals surface area contributed by atoms with Crippen molar-refractivity contribution in [2.75, 3.05) is 11.9 Å². The Morgan fingerprint density at radius 1 is 1.59 bits per heavy atom. The Kier molecular flexibility index (Phi) is 4.20. The summed E-state index contributed by atoms with van der Waals surface area (Å²) in [6, 6.07) is 4.18. The van der Waals surface area contributed by atoms with Crippen molar-refractivity contribution in [2.24, 2.45) is 0 Å². The van der Waals surface area contributed by atoms with Gasteiger partial charge in [0.1, 0.15) is 12.3 Å². The Morgan fingerprint density at radius 3 is 2.82 bits per heavy atom. The van der Waals surface area contributed by atoms with Gasteiger partial charge in [0, 0.05) is 18.6 Å². The summed E-state index contributed by atoms with van der Waals surface area (Å²) < 4.78 is 0. The molecule has 6 heteroatoms. The lowest BCUT2D eigenvalue weighted by Gasteiger charge is -2.03. The highest BCUT2D eigenvalue weighted by atomic mass is 16.6. The molecular weight excluding hydrogens is 224 g/mol. The normalized spacial score (nSPS) is 9.06. The maximum Gasteiger partial charge on any atom is 0.293 e. The van der Waals surface area contributed by atoms with Crippen molar-refractivity contribution in [3.63, 3.8) is 0 Å². The molecule has 0 saturated carbocycles. The molecule has 88 valence electrons. The summed E-state index contributed by atoms with van der Waals surface area (Å²) in [5, 5.41) is 21.7. The van der Waals surface area contributed by atoms with Crippen molar-refractivity contribution < 1.29 is 14.8 Å². The van der Waals surface area contributed by atoms with Crippen LogP contribution in [0.5, 0.6) is 0 Å². The van der Waals surface area contributed by atoms with Crippen molar-refractivity contribution in [1.29, 1.82) is 0 Å². The van der Waals surface area contributed by atoms with E-state index in [2.05, 4.69) is 17.2 Å². The van der Waals surface area contributed by atoms with E-state index in [4.69, 9.17) is 5.11 Å². The summed E-state index contributed by atoms with van der Waals surface area (Å²) in [6.07, 6.45) is 0. The Balaban J connectivity index is 3.17. The van der Waals surface area contributed by atoms with Crippen LogP contribution in [0.2, 0.25) is 0 Å². The molecule has 0 aromatic heterocycles. The van der Waals surface area contributed by atoms with E-state index in [9.17, 15) is 14.9 Å². The number of aliphatic hydroxyl groups excluding tert-OH is 1. The fraction of sp³-hybridized carbons (Fsp3) is 0.182. The lowest BCUT2D eigenvalue weighted by atomic mass is 10.1. The molecule has 0 spiro atoms. The van der Waals surface area contributed by atoms with Gasteiger partial charge in [0.25, 0.3) is 5.69 Å². The van der Waals surface area contributed by atoms with Gasteiger partial charge >= 0.3 is 0 Å². The van der Waals surface area contributed by atoms with E-state index in [1.165, 1.54) is 25.1 Å². The topological polar surface area (TPSA) is 92.5 Å². The summed E-state index contributed by atoms with van der Waals surface area (Å²) in [5.74, 6) is 4.55. The number of amides is 1. The molecule has 0 radical (unpaired) electrons. The maximum absolute atomic E-state index is 10.9. The summed E-state index contributed by atoms with van der Waals surface area (Å²) in [5.41, 5.74) is 0.293. The average Bonchev–Trinajstić information content (AvgIpc) is 2.26. The average molecular weight is 234 g/mol. The third-order valence-corrected chi connectivity index (χ3v) is 1.82. The van der Waals surface area contributed by atoms with Crippen LogP contribution in [0, 0.1) is 22.0 Å². The van der Waals surface area contributed by atoms with Crippen LogP contribution in [0.25, 0.3) is 0 Å². The molecule has 6 nitrogen and oxygen atoms in total. The first kappa shape index (κ1) is 12.7. The van der Waals surface area contributed by atoms with Crippen LogP contribution in [0.3, 0.4) is 0 Å². The minimum Gasteiger partial charge on any atom is -0.384 e. The smallest absolute Gasteiger partial charge is 0.293 e. The highest BCUT2D eigenvalue weighted by Gasteiger charge is 2.14. The van der Waals surface area contributed by atoms with E-state index in [0.29, 0.717) is 5.56 Å². The van der Waals surface area contributed by atoms with Crippen LogP contribution in [0.15, 0.2) is 18.2 Å². The van der Waals surface area contributed by atoms with Gasteiger partial charge in [0.05, 0.1) is 4.92 Å². The number of hydrogen-bond acceptors (Lipinski definition) is 4. The second-order valence-electron chi connectivity index (χ2n) is 3.13. The standard InChI is InChI=1S/C11H10N2O4/c1-8(15)12-10-5-4-9(3-2-6-14)7-11(10)13(16)17/h4-5,7,14H,6H2,1H3,(H,12,15). The van der Waals surface area contributed by atoms with E-state index < -0.39 is 4.92 Å². The van der Waals surface area contributed by atoms with Gasteiger partial charge in [-0.25, -0.2) is 0 Å². The molecule has 0 saturated heterocycles. The van der Waals surface area contributed by atoms with E-state index in [1.54, 1.807) is 0 Å². The van der Waals surface area contributed by atoms with Crippen molar-refractivity contribution in [1.82, 2.24) is 0 Å². The SMILES string of the molecule is CC(=O)Nc1ccc(C#CCO)cc1[N+](=O)[O-]. The molecule has 1 aromatic rings. The number of nitro groups is 1. The fourth-order valence-corrected chi connectivity index (χ4v) is 1.20. The molecule has 0 heterocycles. The zero-order valence-electron chi connectivity index (χ0n) is 9.06. The van der Waals surface area contributed by atoms with Gasteiger partial charge in [-0.15, -0.1) is 0 Å². The Hall–Kier alpha value is -2.39. The molecule has 17 heavy (non-hydrogen) atoms. The van der Waals surface area contributed by atoms with Crippen molar-refractivity contribution >= 4 is 17.3 Å². The van der Waals surface area contributed by atoms with Gasteiger partial charge in [-0.2, -0.15) is 0 Å². The Bertz CT molecular complexity index is 514. The van der Waals surface area contributed by atoms with E-state index in [0.717, 1.165) is 0 Å². The second-order valence-corrected chi connectivity index (χ2v) is 3.13. The number of nitro benzene ring substituents is 1. The lowest BCUT2D eigenvalue weighted by Crippen LogP contribution is -2.08. The zero-order valence-corrected chi connectivity index (χ0v) is 9.06. The van der Waals surface area contributed by atoms with Gasteiger partial charge in [-0.05, 0) is 12.1 Å². The van der Waals surface area contributed by atoms with E-state index >= 15 is 0 Å². The number of hydrogen-bond donors (Lipinski definition) is 2. The third kappa shape index (κ3) is 3.59. The number of carbonyl (C=O) groups is 1. The van der Waals surface area contributed by atoms with Gasteiger partial charge < -0.3 is 10.4 Å². The number of anilines is 1. The molecule has 0 aliphatic rings. The predicted molar refractivity (Wildman–Crippen MR) is 61.4 cm³/mol. The van der Waals surface area contributed by atoms with Crippen molar-refractivity contribution in [2.45, 2.75) is 6.92 Å². The van der Waals surface area contributed by atoms with Gasteiger partial charge in [0.2, 0.25) is 5.91 Å². The zero-order chi connectivity index (χ0) is 12.8. The number of benzene rings is 1. The van der Waals surface area contributed by atoms with Gasteiger partial charge in [-0.3, -0.25) is 14.9 Å². The Labute approximate surface area is 97.4 Å². The highest BCUT2D eigenvalue weighted by Crippen LogP contribution is 2.25. The first-order valence-electron chi connectivity index (χ1n) is 4.70. The first-order chi connectivity index (χ1) is 8.04. The molecule has 1 aromatic carbocycles. The quantitative estimate of drug-likeness (QED) is 0.451. The maximum atomic E-state index is 10.9. The number of nitrogens with zero attached hydrogens (tertiary/aromatic N) is 1. The molecule has 0 atom stereocenters. The molecule has 2 N–H and O–H groups in total. The number of rotatable bonds is 2. The minimum atomic E-state index is -0.602. The minimum absolute atomic E-state index is 0.122.